The SMILES string of the molecule is CNc1cc(C(=O)N(CC2CC2)C2CC2)cc(Cl)n1. The van der Waals surface area contributed by atoms with E-state index in [1.165, 1.54) is 12.8 Å². The Morgan fingerprint density at radius 3 is 2.74 bits per heavy atom. The Morgan fingerprint density at radius 2 is 2.16 bits per heavy atom. The van der Waals surface area contributed by atoms with Gasteiger partial charge in [0, 0.05) is 25.2 Å². The zero-order valence-electron chi connectivity index (χ0n) is 11.0. The van der Waals surface area contributed by atoms with Crippen molar-refractivity contribution in [3.05, 3.63) is 22.8 Å². The molecule has 3 rings (SSSR count). The number of halogens is 1. The van der Waals surface area contributed by atoms with Gasteiger partial charge in [0.05, 0.1) is 0 Å². The minimum atomic E-state index is 0.0928. The molecule has 1 N–H and O–H groups in total. The number of rotatable bonds is 5. The van der Waals surface area contributed by atoms with Crippen molar-refractivity contribution in [2.24, 2.45) is 5.92 Å². The molecule has 0 aromatic carbocycles. The van der Waals surface area contributed by atoms with Crippen LogP contribution in [0.15, 0.2) is 12.1 Å². The predicted molar refractivity (Wildman–Crippen MR) is 75.6 cm³/mol. The molecule has 4 nitrogen and oxygen atoms in total. The summed E-state index contributed by atoms with van der Waals surface area (Å²) in [5.74, 6) is 1.44. The largest absolute Gasteiger partial charge is 0.373 e. The van der Waals surface area contributed by atoms with Crippen molar-refractivity contribution in [1.29, 1.82) is 0 Å². The first kappa shape index (κ1) is 12.7. The predicted octanol–water partition coefficient (Wildman–Crippen LogP) is 2.79. The van der Waals surface area contributed by atoms with Crippen molar-refractivity contribution < 1.29 is 4.79 Å². The summed E-state index contributed by atoms with van der Waals surface area (Å²) in [7, 11) is 1.77. The van der Waals surface area contributed by atoms with Crippen LogP contribution in [-0.4, -0.2) is 35.4 Å². The highest BCUT2D eigenvalue weighted by Crippen LogP contribution is 2.35. The molecule has 2 aliphatic carbocycles. The lowest BCUT2D eigenvalue weighted by Gasteiger charge is -2.22. The summed E-state index contributed by atoms with van der Waals surface area (Å²) in [6.07, 6.45) is 4.79. The highest BCUT2D eigenvalue weighted by atomic mass is 35.5. The molecule has 1 amide bonds. The first-order valence-corrected chi connectivity index (χ1v) is 7.21. The summed E-state index contributed by atoms with van der Waals surface area (Å²) >= 11 is 5.97. The van der Waals surface area contributed by atoms with Gasteiger partial charge in [-0.05, 0) is 43.7 Å². The van der Waals surface area contributed by atoms with Crippen molar-refractivity contribution in [1.82, 2.24) is 9.88 Å². The van der Waals surface area contributed by atoms with Gasteiger partial charge in [-0.2, -0.15) is 0 Å². The lowest BCUT2D eigenvalue weighted by Crippen LogP contribution is -2.35. The standard InChI is InChI=1S/C14H18ClN3O/c1-16-13-7-10(6-12(15)17-13)14(19)18(11-4-5-11)8-9-2-3-9/h6-7,9,11H,2-5,8H2,1H3,(H,16,17). The minimum absolute atomic E-state index is 0.0928. The molecule has 0 aliphatic heterocycles. The van der Waals surface area contributed by atoms with E-state index in [-0.39, 0.29) is 5.91 Å². The van der Waals surface area contributed by atoms with E-state index in [1.807, 2.05) is 4.90 Å². The first-order valence-electron chi connectivity index (χ1n) is 6.83. The molecule has 2 fully saturated rings. The lowest BCUT2D eigenvalue weighted by atomic mass is 10.2. The molecule has 0 unspecified atom stereocenters. The van der Waals surface area contributed by atoms with Gasteiger partial charge in [-0.15, -0.1) is 0 Å². The van der Waals surface area contributed by atoms with Gasteiger partial charge >= 0.3 is 0 Å². The van der Waals surface area contributed by atoms with Crippen LogP contribution in [0.1, 0.15) is 36.0 Å². The Bertz CT molecular complexity index is 497. The highest BCUT2D eigenvalue weighted by molar-refractivity contribution is 6.29. The van der Waals surface area contributed by atoms with Gasteiger partial charge in [-0.25, -0.2) is 4.98 Å². The Morgan fingerprint density at radius 1 is 1.42 bits per heavy atom. The molecule has 1 aromatic heterocycles. The first-order chi connectivity index (χ1) is 9.17. The second-order valence-corrected chi connectivity index (χ2v) is 5.83. The summed E-state index contributed by atoms with van der Waals surface area (Å²) in [4.78, 5) is 18.8. The van der Waals surface area contributed by atoms with E-state index >= 15 is 0 Å². The molecule has 0 spiro atoms. The van der Waals surface area contributed by atoms with Crippen molar-refractivity contribution >= 4 is 23.3 Å². The normalized spacial score (nSPS) is 18.2. The number of anilines is 1. The number of hydrogen-bond acceptors (Lipinski definition) is 3. The lowest BCUT2D eigenvalue weighted by molar-refractivity contribution is 0.0734. The smallest absolute Gasteiger partial charge is 0.254 e. The number of carbonyl (C=O) groups excluding carboxylic acids is 1. The van der Waals surface area contributed by atoms with Crippen LogP contribution in [0.2, 0.25) is 5.15 Å². The van der Waals surface area contributed by atoms with Crippen molar-refractivity contribution in [3.8, 4) is 0 Å². The average molecular weight is 280 g/mol. The summed E-state index contributed by atoms with van der Waals surface area (Å²) in [5.41, 5.74) is 0.636. The molecule has 0 bridgehead atoms. The highest BCUT2D eigenvalue weighted by Gasteiger charge is 2.37. The number of hydrogen-bond donors (Lipinski definition) is 1. The third kappa shape index (κ3) is 3.00. The summed E-state index contributed by atoms with van der Waals surface area (Å²) in [6.45, 7) is 0.901. The Labute approximate surface area is 118 Å². The van der Waals surface area contributed by atoms with Gasteiger partial charge in [-0.3, -0.25) is 4.79 Å². The van der Waals surface area contributed by atoms with Crippen LogP contribution in [-0.2, 0) is 0 Å². The van der Waals surface area contributed by atoms with Crippen LogP contribution in [0.25, 0.3) is 0 Å². The maximum Gasteiger partial charge on any atom is 0.254 e. The Balaban J connectivity index is 1.81. The fourth-order valence-electron chi connectivity index (χ4n) is 2.28. The molecule has 1 heterocycles. The third-order valence-electron chi connectivity index (χ3n) is 3.70. The number of nitrogens with one attached hydrogen (secondary N) is 1. The third-order valence-corrected chi connectivity index (χ3v) is 3.89. The van der Waals surface area contributed by atoms with Crippen molar-refractivity contribution in [3.63, 3.8) is 0 Å². The average Bonchev–Trinajstić information content (AvgIpc) is 3.27. The molecule has 5 heteroatoms. The molecular formula is C14H18ClN3O. The summed E-state index contributed by atoms with van der Waals surface area (Å²) in [6, 6.07) is 3.88. The fraction of sp³-hybridized carbons (Fsp3) is 0.571. The van der Waals surface area contributed by atoms with Crippen LogP contribution in [0.4, 0.5) is 5.82 Å². The maximum atomic E-state index is 12.6. The summed E-state index contributed by atoms with van der Waals surface area (Å²) in [5, 5.41) is 3.29. The maximum absolute atomic E-state index is 12.6. The monoisotopic (exact) mass is 279 g/mol. The molecule has 0 saturated heterocycles. The molecule has 0 radical (unpaired) electrons. The number of pyridine rings is 1. The van der Waals surface area contributed by atoms with E-state index in [1.54, 1.807) is 19.2 Å². The zero-order valence-corrected chi connectivity index (χ0v) is 11.8. The van der Waals surface area contributed by atoms with Gasteiger partial charge < -0.3 is 10.2 Å². The van der Waals surface area contributed by atoms with Gasteiger partial charge in [0.1, 0.15) is 11.0 Å². The van der Waals surface area contributed by atoms with Crippen LogP contribution in [0.3, 0.4) is 0 Å². The molecule has 0 atom stereocenters. The molecule has 2 saturated carbocycles. The van der Waals surface area contributed by atoms with Crippen molar-refractivity contribution in [2.75, 3.05) is 18.9 Å². The molecule has 19 heavy (non-hydrogen) atoms. The van der Waals surface area contributed by atoms with Gasteiger partial charge in [-0.1, -0.05) is 11.6 Å². The van der Waals surface area contributed by atoms with Crippen molar-refractivity contribution in [2.45, 2.75) is 31.7 Å². The summed E-state index contributed by atoms with van der Waals surface area (Å²) < 4.78 is 0. The number of amides is 1. The zero-order chi connectivity index (χ0) is 13.4. The van der Waals surface area contributed by atoms with E-state index in [4.69, 9.17) is 11.6 Å². The second kappa shape index (κ2) is 5.00. The van der Waals surface area contributed by atoms with E-state index in [0.29, 0.717) is 28.5 Å². The van der Waals surface area contributed by atoms with E-state index < -0.39 is 0 Å². The minimum Gasteiger partial charge on any atom is -0.373 e. The molecule has 102 valence electrons. The van der Waals surface area contributed by atoms with E-state index in [0.717, 1.165) is 19.4 Å². The quantitative estimate of drug-likeness (QED) is 0.843. The van der Waals surface area contributed by atoms with Crippen LogP contribution < -0.4 is 5.32 Å². The molecule has 1 aromatic rings. The van der Waals surface area contributed by atoms with Gasteiger partial charge in [0.15, 0.2) is 0 Å². The van der Waals surface area contributed by atoms with Crippen LogP contribution in [0.5, 0.6) is 0 Å². The Hall–Kier alpha value is -1.29. The number of nitrogens with zero attached hydrogens (tertiary/aromatic N) is 2. The molecule has 2 aliphatic rings. The fourth-order valence-corrected chi connectivity index (χ4v) is 2.49. The van der Waals surface area contributed by atoms with E-state index in [2.05, 4.69) is 10.3 Å². The van der Waals surface area contributed by atoms with Gasteiger partial charge in [0.2, 0.25) is 0 Å². The van der Waals surface area contributed by atoms with Gasteiger partial charge in [0.25, 0.3) is 5.91 Å². The van der Waals surface area contributed by atoms with E-state index in [9.17, 15) is 4.79 Å². The molecular weight excluding hydrogens is 262 g/mol. The number of aromatic nitrogens is 1. The second-order valence-electron chi connectivity index (χ2n) is 5.45. The topological polar surface area (TPSA) is 45.2 Å². The van der Waals surface area contributed by atoms with Crippen LogP contribution >= 0.6 is 11.6 Å². The Kier molecular flexibility index (Phi) is 3.35. The number of carbonyl (C=O) groups is 1. The van der Waals surface area contributed by atoms with Crippen LogP contribution in [0, 0.1) is 5.92 Å².